The Morgan fingerprint density at radius 3 is 2.18 bits per heavy atom. The van der Waals surface area contributed by atoms with Gasteiger partial charge in [0.2, 0.25) is 11.8 Å². The van der Waals surface area contributed by atoms with E-state index in [0.717, 1.165) is 22.0 Å². The molecule has 150 valence electrons. The van der Waals surface area contributed by atoms with Gasteiger partial charge in [0.15, 0.2) is 0 Å². The van der Waals surface area contributed by atoms with Crippen LogP contribution in [0.3, 0.4) is 0 Å². The molecule has 0 aliphatic rings. The first kappa shape index (κ1) is 22.4. The molecular weight excluding hydrogens is 440 g/mol. The molecule has 2 atom stereocenters. The van der Waals surface area contributed by atoms with Crippen molar-refractivity contribution < 1.29 is 9.59 Å². The summed E-state index contributed by atoms with van der Waals surface area (Å²) in [7, 11) is 0. The van der Waals surface area contributed by atoms with Gasteiger partial charge in [0.1, 0.15) is 6.04 Å². The molecule has 0 radical (unpaired) electrons. The highest BCUT2D eigenvalue weighted by Gasteiger charge is 2.26. The van der Waals surface area contributed by atoms with Crippen LogP contribution >= 0.6 is 27.5 Å². The first-order valence-corrected chi connectivity index (χ1v) is 10.6. The van der Waals surface area contributed by atoms with Crippen molar-refractivity contribution in [1.82, 2.24) is 10.2 Å². The Labute approximate surface area is 180 Å². The van der Waals surface area contributed by atoms with Crippen LogP contribution in [0.25, 0.3) is 0 Å². The summed E-state index contributed by atoms with van der Waals surface area (Å²) in [4.78, 5) is 27.4. The van der Waals surface area contributed by atoms with Crippen LogP contribution in [0.2, 0.25) is 5.02 Å². The highest BCUT2D eigenvalue weighted by atomic mass is 79.9. The third-order valence-electron chi connectivity index (χ3n) is 4.70. The molecule has 0 aromatic heterocycles. The highest BCUT2D eigenvalue weighted by molar-refractivity contribution is 9.10. The van der Waals surface area contributed by atoms with Crippen molar-refractivity contribution in [2.24, 2.45) is 0 Å². The van der Waals surface area contributed by atoms with Gasteiger partial charge in [0.05, 0.1) is 6.42 Å². The number of hydrogen-bond donors (Lipinski definition) is 1. The maximum Gasteiger partial charge on any atom is 0.242 e. The molecule has 0 saturated heterocycles. The van der Waals surface area contributed by atoms with E-state index >= 15 is 0 Å². The fraction of sp³-hybridized carbons (Fsp3) is 0.364. The summed E-state index contributed by atoms with van der Waals surface area (Å²) < 4.78 is 0.970. The van der Waals surface area contributed by atoms with Crippen molar-refractivity contribution in [3.05, 3.63) is 69.2 Å². The van der Waals surface area contributed by atoms with Crippen molar-refractivity contribution in [1.29, 1.82) is 0 Å². The van der Waals surface area contributed by atoms with Crippen LogP contribution < -0.4 is 5.32 Å². The van der Waals surface area contributed by atoms with Gasteiger partial charge in [-0.3, -0.25) is 9.59 Å². The number of hydrogen-bond acceptors (Lipinski definition) is 2. The average Bonchev–Trinajstić information content (AvgIpc) is 2.68. The minimum absolute atomic E-state index is 0.0656. The molecule has 28 heavy (non-hydrogen) atoms. The Morgan fingerprint density at radius 2 is 1.61 bits per heavy atom. The smallest absolute Gasteiger partial charge is 0.242 e. The molecule has 2 amide bonds. The number of amides is 2. The monoisotopic (exact) mass is 464 g/mol. The lowest BCUT2D eigenvalue weighted by atomic mass is 10.1. The van der Waals surface area contributed by atoms with Crippen molar-refractivity contribution in [3.63, 3.8) is 0 Å². The molecule has 2 aromatic rings. The van der Waals surface area contributed by atoms with Gasteiger partial charge in [0.25, 0.3) is 0 Å². The summed E-state index contributed by atoms with van der Waals surface area (Å²) in [5, 5.41) is 3.60. The third-order valence-corrected chi connectivity index (χ3v) is 5.48. The van der Waals surface area contributed by atoms with Crippen molar-refractivity contribution in [2.75, 3.05) is 0 Å². The fourth-order valence-electron chi connectivity index (χ4n) is 2.71. The van der Waals surface area contributed by atoms with Crippen LogP contribution in [0.4, 0.5) is 0 Å². The van der Waals surface area contributed by atoms with E-state index in [0.29, 0.717) is 11.6 Å². The molecule has 0 unspecified atom stereocenters. The molecule has 0 saturated carbocycles. The Balaban J connectivity index is 2.20. The zero-order chi connectivity index (χ0) is 20.7. The van der Waals surface area contributed by atoms with E-state index in [1.54, 1.807) is 24.0 Å². The third kappa shape index (κ3) is 6.64. The summed E-state index contributed by atoms with van der Waals surface area (Å²) in [5.74, 6) is -0.243. The van der Waals surface area contributed by atoms with Crippen molar-refractivity contribution in [3.8, 4) is 0 Å². The van der Waals surface area contributed by atoms with Gasteiger partial charge in [-0.1, -0.05) is 58.7 Å². The molecule has 0 aliphatic heterocycles. The zero-order valence-corrected chi connectivity index (χ0v) is 18.8. The van der Waals surface area contributed by atoms with Crippen LogP contribution in [0.1, 0.15) is 38.3 Å². The molecule has 0 spiro atoms. The quantitative estimate of drug-likeness (QED) is 0.598. The molecule has 6 heteroatoms. The minimum atomic E-state index is -0.572. The lowest BCUT2D eigenvalue weighted by molar-refractivity contribution is -0.140. The first-order valence-electron chi connectivity index (χ1n) is 9.39. The summed E-state index contributed by atoms with van der Waals surface area (Å²) in [6, 6.07) is 14.5. The molecule has 0 bridgehead atoms. The van der Waals surface area contributed by atoms with Crippen LogP contribution in [-0.4, -0.2) is 28.8 Å². The number of rotatable bonds is 8. The standard InChI is InChI=1S/C22H26BrClN2O2/c1-4-15(2)25-22(28)16(3)26(14-18-5-9-19(23)10-6-18)21(27)13-17-7-11-20(24)12-8-17/h5-12,15-16H,4,13-14H2,1-3H3,(H,25,28)/t15-,16-/m1/s1. The van der Waals surface area contributed by atoms with Crippen LogP contribution in [0.15, 0.2) is 53.0 Å². The Kier molecular flexibility index (Phi) is 8.52. The Bertz CT molecular complexity index is 793. The van der Waals surface area contributed by atoms with Gasteiger partial charge in [-0.2, -0.15) is 0 Å². The average molecular weight is 466 g/mol. The van der Waals surface area contributed by atoms with Crippen molar-refractivity contribution in [2.45, 2.75) is 52.2 Å². The van der Waals surface area contributed by atoms with Gasteiger partial charge >= 0.3 is 0 Å². The van der Waals surface area contributed by atoms with E-state index in [2.05, 4.69) is 21.2 Å². The summed E-state index contributed by atoms with van der Waals surface area (Å²) in [6.07, 6.45) is 1.05. The molecule has 0 heterocycles. The molecule has 0 aliphatic carbocycles. The predicted octanol–water partition coefficient (Wildman–Crippen LogP) is 4.98. The zero-order valence-electron chi connectivity index (χ0n) is 16.4. The molecule has 4 nitrogen and oxygen atoms in total. The summed E-state index contributed by atoms with van der Waals surface area (Å²) in [5.41, 5.74) is 1.83. The lowest BCUT2D eigenvalue weighted by Gasteiger charge is -2.30. The Morgan fingerprint density at radius 1 is 1.04 bits per heavy atom. The fourth-order valence-corrected chi connectivity index (χ4v) is 3.10. The van der Waals surface area contributed by atoms with E-state index in [1.807, 2.05) is 50.2 Å². The normalized spacial score (nSPS) is 12.9. The SMILES string of the molecule is CC[C@@H](C)NC(=O)[C@@H](C)N(Cc1ccc(Br)cc1)C(=O)Cc1ccc(Cl)cc1. The van der Waals surface area contributed by atoms with E-state index in [9.17, 15) is 9.59 Å². The minimum Gasteiger partial charge on any atom is -0.352 e. The number of benzene rings is 2. The number of halogens is 2. The molecule has 2 rings (SSSR count). The van der Waals surface area contributed by atoms with Gasteiger partial charge in [-0.05, 0) is 55.7 Å². The number of nitrogens with one attached hydrogen (secondary N) is 1. The summed E-state index contributed by atoms with van der Waals surface area (Å²) >= 11 is 9.36. The number of carbonyl (C=O) groups excluding carboxylic acids is 2. The van der Waals surface area contributed by atoms with Gasteiger partial charge in [-0.15, -0.1) is 0 Å². The van der Waals surface area contributed by atoms with Gasteiger partial charge in [0, 0.05) is 22.1 Å². The van der Waals surface area contributed by atoms with Gasteiger partial charge in [-0.25, -0.2) is 0 Å². The van der Waals surface area contributed by atoms with Crippen molar-refractivity contribution >= 4 is 39.3 Å². The second-order valence-corrected chi connectivity index (χ2v) is 8.30. The number of carbonyl (C=O) groups is 2. The highest BCUT2D eigenvalue weighted by Crippen LogP contribution is 2.16. The molecule has 0 fully saturated rings. The van der Waals surface area contributed by atoms with E-state index in [-0.39, 0.29) is 24.3 Å². The van der Waals surface area contributed by atoms with Crippen LogP contribution in [-0.2, 0) is 22.6 Å². The van der Waals surface area contributed by atoms with Gasteiger partial charge < -0.3 is 10.2 Å². The second kappa shape index (κ2) is 10.6. The van der Waals surface area contributed by atoms with E-state index in [1.165, 1.54) is 0 Å². The number of nitrogens with zero attached hydrogens (tertiary/aromatic N) is 1. The maximum atomic E-state index is 13.1. The topological polar surface area (TPSA) is 49.4 Å². The summed E-state index contributed by atoms with van der Waals surface area (Å²) in [6.45, 7) is 6.12. The maximum absolute atomic E-state index is 13.1. The van der Waals surface area contributed by atoms with E-state index in [4.69, 9.17) is 11.6 Å². The lowest BCUT2D eigenvalue weighted by Crippen LogP contribution is -2.49. The largest absolute Gasteiger partial charge is 0.352 e. The Hall–Kier alpha value is -1.85. The molecule has 2 aromatic carbocycles. The first-order chi connectivity index (χ1) is 13.3. The van der Waals surface area contributed by atoms with Crippen LogP contribution in [0.5, 0.6) is 0 Å². The van der Waals surface area contributed by atoms with Crippen LogP contribution in [0, 0.1) is 0 Å². The molecule has 1 N–H and O–H groups in total. The predicted molar refractivity (Wildman–Crippen MR) is 117 cm³/mol. The van der Waals surface area contributed by atoms with E-state index < -0.39 is 6.04 Å². The molecular formula is C22H26BrClN2O2. The second-order valence-electron chi connectivity index (χ2n) is 6.95.